The average Bonchev–Trinajstić information content (AvgIpc) is 2.63. The Morgan fingerprint density at radius 3 is 2.67 bits per heavy atom. The van der Waals surface area contributed by atoms with Crippen LogP contribution in [0.4, 0.5) is 8.78 Å². The first-order valence-corrected chi connectivity index (χ1v) is 7.89. The second-order valence-corrected chi connectivity index (χ2v) is 5.82. The highest BCUT2D eigenvalue weighted by Crippen LogP contribution is 2.30. The van der Waals surface area contributed by atoms with Gasteiger partial charge in [-0.15, -0.1) is 0 Å². The molecule has 6 heteroatoms. The molecule has 0 radical (unpaired) electrons. The van der Waals surface area contributed by atoms with Crippen molar-refractivity contribution in [3.8, 4) is 0 Å². The highest BCUT2D eigenvalue weighted by Gasteiger charge is 2.27. The Morgan fingerprint density at radius 2 is 2.00 bits per heavy atom. The van der Waals surface area contributed by atoms with E-state index in [0.717, 1.165) is 30.5 Å². The zero-order chi connectivity index (χ0) is 16.9. The van der Waals surface area contributed by atoms with Gasteiger partial charge in [0.25, 0.3) is 5.91 Å². The largest absolute Gasteiger partial charge is 0.381 e. The van der Waals surface area contributed by atoms with Crippen molar-refractivity contribution in [3.63, 3.8) is 0 Å². The van der Waals surface area contributed by atoms with Crippen molar-refractivity contribution in [2.45, 2.75) is 18.9 Å². The van der Waals surface area contributed by atoms with Gasteiger partial charge in [-0.25, -0.2) is 8.78 Å². The Hall–Kier alpha value is -2.34. The summed E-state index contributed by atoms with van der Waals surface area (Å²) in [5.74, 6) is -2.24. The zero-order valence-electron chi connectivity index (χ0n) is 13.0. The predicted octanol–water partition coefficient (Wildman–Crippen LogP) is 3.26. The number of ether oxygens (including phenoxy) is 1. The van der Waals surface area contributed by atoms with E-state index in [4.69, 9.17) is 4.74 Å². The van der Waals surface area contributed by atoms with E-state index >= 15 is 0 Å². The molecule has 3 rings (SSSR count). The molecule has 24 heavy (non-hydrogen) atoms. The van der Waals surface area contributed by atoms with E-state index in [2.05, 4.69) is 10.3 Å². The van der Waals surface area contributed by atoms with Crippen LogP contribution in [-0.4, -0.2) is 24.1 Å². The molecule has 1 amide bonds. The average molecular weight is 332 g/mol. The van der Waals surface area contributed by atoms with E-state index in [1.165, 1.54) is 6.07 Å². The minimum Gasteiger partial charge on any atom is -0.381 e. The van der Waals surface area contributed by atoms with Gasteiger partial charge < -0.3 is 10.1 Å². The van der Waals surface area contributed by atoms with Crippen LogP contribution in [0, 0.1) is 17.6 Å². The summed E-state index contributed by atoms with van der Waals surface area (Å²) in [7, 11) is 0. The molecule has 0 bridgehead atoms. The van der Waals surface area contributed by atoms with Gasteiger partial charge in [0, 0.05) is 31.2 Å². The lowest BCUT2D eigenvalue weighted by molar-refractivity contribution is 0.0513. The van der Waals surface area contributed by atoms with Crippen LogP contribution >= 0.6 is 0 Å². The fourth-order valence-corrected chi connectivity index (χ4v) is 2.94. The molecule has 1 aliphatic heterocycles. The molecule has 1 aromatic heterocycles. The molecule has 2 aromatic rings. The summed E-state index contributed by atoms with van der Waals surface area (Å²) in [5.41, 5.74) is 0.982. The summed E-state index contributed by atoms with van der Waals surface area (Å²) in [4.78, 5) is 16.6. The molecule has 0 saturated carbocycles. The molecule has 1 atom stereocenters. The van der Waals surface area contributed by atoms with Crippen LogP contribution < -0.4 is 5.32 Å². The van der Waals surface area contributed by atoms with Crippen LogP contribution in [0.3, 0.4) is 0 Å². The highest BCUT2D eigenvalue weighted by molar-refractivity contribution is 5.94. The quantitative estimate of drug-likeness (QED) is 0.935. The summed E-state index contributed by atoms with van der Waals surface area (Å²) >= 11 is 0. The third kappa shape index (κ3) is 3.76. The second kappa shape index (κ2) is 7.49. The molecule has 1 fully saturated rings. The van der Waals surface area contributed by atoms with Gasteiger partial charge in [-0.3, -0.25) is 9.78 Å². The minimum atomic E-state index is -1.04. The molecular formula is C18H18F2N2O2. The fraction of sp³-hybridized carbons (Fsp3) is 0.333. The monoisotopic (exact) mass is 332 g/mol. The fourth-order valence-electron chi connectivity index (χ4n) is 2.94. The Morgan fingerprint density at radius 1 is 1.21 bits per heavy atom. The first-order valence-electron chi connectivity index (χ1n) is 7.89. The van der Waals surface area contributed by atoms with Gasteiger partial charge in [0.05, 0.1) is 6.04 Å². The molecule has 0 aliphatic carbocycles. The third-order valence-electron chi connectivity index (χ3n) is 4.25. The van der Waals surface area contributed by atoms with Gasteiger partial charge in [-0.05, 0) is 48.6 Å². The molecule has 0 spiro atoms. The summed E-state index contributed by atoms with van der Waals surface area (Å²) < 4.78 is 31.8. The lowest BCUT2D eigenvalue weighted by atomic mass is 9.87. The number of hydrogen-bond acceptors (Lipinski definition) is 3. The Kier molecular flexibility index (Phi) is 5.15. The van der Waals surface area contributed by atoms with Crippen LogP contribution in [0.1, 0.15) is 34.8 Å². The molecule has 1 N–H and O–H groups in total. The van der Waals surface area contributed by atoms with Gasteiger partial charge in [0.1, 0.15) is 0 Å². The number of nitrogens with zero attached hydrogens (tertiary/aromatic N) is 1. The number of pyridine rings is 1. The van der Waals surface area contributed by atoms with Crippen LogP contribution in [0.15, 0.2) is 42.7 Å². The van der Waals surface area contributed by atoms with Crippen molar-refractivity contribution >= 4 is 5.91 Å². The highest BCUT2D eigenvalue weighted by atomic mass is 19.2. The predicted molar refractivity (Wildman–Crippen MR) is 84.3 cm³/mol. The van der Waals surface area contributed by atoms with Crippen LogP contribution in [0.25, 0.3) is 0 Å². The van der Waals surface area contributed by atoms with Crippen molar-refractivity contribution in [1.29, 1.82) is 0 Å². The lowest BCUT2D eigenvalue weighted by Crippen LogP contribution is -2.36. The van der Waals surface area contributed by atoms with Gasteiger partial charge in [0.2, 0.25) is 0 Å². The van der Waals surface area contributed by atoms with Crippen molar-refractivity contribution in [1.82, 2.24) is 10.3 Å². The maximum atomic E-state index is 13.4. The number of hydrogen-bond donors (Lipinski definition) is 1. The number of carbonyl (C=O) groups excluding carboxylic acids is 1. The number of halogens is 2. The Labute approximate surface area is 138 Å². The summed E-state index contributed by atoms with van der Waals surface area (Å²) in [6.45, 7) is 1.28. The summed E-state index contributed by atoms with van der Waals surface area (Å²) in [6.07, 6.45) is 5.02. The van der Waals surface area contributed by atoms with Crippen LogP contribution in [0.5, 0.6) is 0 Å². The number of nitrogens with one attached hydrogen (secondary N) is 1. The Bertz CT molecular complexity index is 703. The first-order chi connectivity index (χ1) is 11.6. The molecule has 0 unspecified atom stereocenters. The molecule has 1 aliphatic rings. The first kappa shape index (κ1) is 16.5. The number of benzene rings is 1. The number of rotatable bonds is 4. The number of aromatic nitrogens is 1. The molecule has 1 saturated heterocycles. The van der Waals surface area contributed by atoms with Crippen molar-refractivity contribution in [2.75, 3.05) is 13.2 Å². The maximum Gasteiger partial charge on any atom is 0.251 e. The van der Waals surface area contributed by atoms with Gasteiger partial charge in [-0.2, -0.15) is 0 Å². The second-order valence-electron chi connectivity index (χ2n) is 5.82. The van der Waals surface area contributed by atoms with Crippen molar-refractivity contribution < 1.29 is 18.3 Å². The van der Waals surface area contributed by atoms with Gasteiger partial charge >= 0.3 is 0 Å². The van der Waals surface area contributed by atoms with E-state index in [1.807, 2.05) is 12.1 Å². The molecule has 4 nitrogen and oxygen atoms in total. The lowest BCUT2D eigenvalue weighted by Gasteiger charge is -2.31. The smallest absolute Gasteiger partial charge is 0.251 e. The maximum absolute atomic E-state index is 13.4. The summed E-state index contributed by atoms with van der Waals surface area (Å²) in [5, 5.41) is 2.94. The standard InChI is InChI=1S/C18H18F2N2O2/c19-15-4-3-13(10-16(15)20)18(23)22-17(12-5-8-24-9-6-12)14-2-1-7-21-11-14/h1-4,7,10-12,17H,5-6,8-9H2,(H,22,23)/t17-/m1/s1. The van der Waals surface area contributed by atoms with E-state index in [-0.39, 0.29) is 17.5 Å². The zero-order valence-corrected chi connectivity index (χ0v) is 13.0. The molecule has 126 valence electrons. The Balaban J connectivity index is 1.82. The third-order valence-corrected chi connectivity index (χ3v) is 4.25. The van der Waals surface area contributed by atoms with Gasteiger partial charge in [0.15, 0.2) is 11.6 Å². The van der Waals surface area contributed by atoms with E-state index in [9.17, 15) is 13.6 Å². The number of carbonyl (C=O) groups is 1. The van der Waals surface area contributed by atoms with Crippen LogP contribution in [0.2, 0.25) is 0 Å². The molecular weight excluding hydrogens is 314 g/mol. The SMILES string of the molecule is O=C(N[C@@H](c1cccnc1)C1CCOCC1)c1ccc(F)c(F)c1. The van der Waals surface area contributed by atoms with E-state index < -0.39 is 17.5 Å². The topological polar surface area (TPSA) is 51.2 Å². The molecule has 2 heterocycles. The summed E-state index contributed by atoms with van der Waals surface area (Å²) in [6, 6.07) is 6.61. The normalized spacial score (nSPS) is 16.6. The van der Waals surface area contributed by atoms with Crippen molar-refractivity contribution in [3.05, 3.63) is 65.5 Å². The van der Waals surface area contributed by atoms with Crippen molar-refractivity contribution in [2.24, 2.45) is 5.92 Å². The minimum absolute atomic E-state index is 0.0925. The molecule has 1 aromatic carbocycles. The number of amides is 1. The van der Waals surface area contributed by atoms with E-state index in [0.29, 0.717) is 13.2 Å². The van der Waals surface area contributed by atoms with E-state index in [1.54, 1.807) is 12.4 Å². The van der Waals surface area contributed by atoms with Gasteiger partial charge in [-0.1, -0.05) is 6.07 Å². The van der Waals surface area contributed by atoms with Crippen LogP contribution in [-0.2, 0) is 4.74 Å².